The van der Waals surface area contributed by atoms with E-state index in [2.05, 4.69) is 17.1 Å². The summed E-state index contributed by atoms with van der Waals surface area (Å²) < 4.78 is 0. The molecule has 116 valence electrons. The normalized spacial score (nSPS) is 17.6. The van der Waals surface area contributed by atoms with Gasteiger partial charge in [-0.3, -0.25) is 15.0 Å². The van der Waals surface area contributed by atoms with Gasteiger partial charge < -0.3 is 10.4 Å². The van der Waals surface area contributed by atoms with Gasteiger partial charge in [0.2, 0.25) is 0 Å². The first-order valence-corrected chi connectivity index (χ1v) is 7.47. The zero-order valence-corrected chi connectivity index (χ0v) is 12.6. The Hall–Kier alpha value is -1.66. The average Bonchev–Trinajstić information content (AvgIpc) is 2.48. The third-order valence-electron chi connectivity index (χ3n) is 4.08. The first kappa shape index (κ1) is 15.7. The monoisotopic (exact) mass is 293 g/mol. The highest BCUT2D eigenvalue weighted by atomic mass is 16.6. The van der Waals surface area contributed by atoms with E-state index in [1.807, 2.05) is 0 Å². The molecule has 0 aliphatic carbocycles. The summed E-state index contributed by atoms with van der Waals surface area (Å²) in [6.07, 6.45) is 1.72. The van der Waals surface area contributed by atoms with E-state index < -0.39 is 0 Å². The number of rotatable bonds is 5. The molecular weight excluding hydrogens is 270 g/mol. The molecule has 6 heteroatoms. The van der Waals surface area contributed by atoms with Crippen LogP contribution in [0.1, 0.15) is 36.9 Å². The van der Waals surface area contributed by atoms with Gasteiger partial charge in [0.1, 0.15) is 5.75 Å². The van der Waals surface area contributed by atoms with E-state index in [1.54, 1.807) is 13.0 Å². The van der Waals surface area contributed by atoms with Crippen LogP contribution in [0, 0.1) is 17.0 Å². The summed E-state index contributed by atoms with van der Waals surface area (Å²) in [7, 11) is 0. The highest BCUT2D eigenvalue weighted by molar-refractivity contribution is 5.54. The molecule has 1 aliphatic rings. The van der Waals surface area contributed by atoms with Crippen LogP contribution in [0.2, 0.25) is 0 Å². The van der Waals surface area contributed by atoms with E-state index in [-0.39, 0.29) is 22.4 Å². The minimum atomic E-state index is -0.390. The number of benzene rings is 1. The molecule has 1 fully saturated rings. The second kappa shape index (κ2) is 6.87. The Morgan fingerprint density at radius 1 is 1.43 bits per heavy atom. The molecule has 6 nitrogen and oxygen atoms in total. The SMILES string of the molecule is CCC[C@@H](c1c([N+](=O)[O-])ccc(C)c1O)N1CCNCC1. The van der Waals surface area contributed by atoms with E-state index in [9.17, 15) is 15.2 Å². The van der Waals surface area contributed by atoms with E-state index in [4.69, 9.17) is 0 Å². The molecule has 1 aromatic rings. The van der Waals surface area contributed by atoms with Gasteiger partial charge in [-0.2, -0.15) is 0 Å². The van der Waals surface area contributed by atoms with Gasteiger partial charge in [0.15, 0.2) is 0 Å². The van der Waals surface area contributed by atoms with Gasteiger partial charge in [-0.15, -0.1) is 0 Å². The van der Waals surface area contributed by atoms with Crippen molar-refractivity contribution in [3.05, 3.63) is 33.4 Å². The molecule has 1 heterocycles. The summed E-state index contributed by atoms with van der Waals surface area (Å²) in [5.74, 6) is 0.0705. The number of aromatic hydroxyl groups is 1. The maximum Gasteiger partial charge on any atom is 0.277 e. The van der Waals surface area contributed by atoms with Gasteiger partial charge in [0.25, 0.3) is 5.69 Å². The maximum absolute atomic E-state index is 11.3. The van der Waals surface area contributed by atoms with Crippen molar-refractivity contribution in [1.29, 1.82) is 0 Å². The van der Waals surface area contributed by atoms with E-state index >= 15 is 0 Å². The molecule has 0 saturated carbocycles. The summed E-state index contributed by atoms with van der Waals surface area (Å²) in [4.78, 5) is 13.2. The fraction of sp³-hybridized carbons (Fsp3) is 0.600. The number of nitro groups is 1. The molecule has 0 unspecified atom stereocenters. The number of hydrogen-bond donors (Lipinski definition) is 2. The minimum Gasteiger partial charge on any atom is -0.507 e. The average molecular weight is 293 g/mol. The van der Waals surface area contributed by atoms with Gasteiger partial charge in [0, 0.05) is 38.3 Å². The van der Waals surface area contributed by atoms with E-state index in [0.29, 0.717) is 11.1 Å². The summed E-state index contributed by atoms with van der Waals surface area (Å²) in [6, 6.07) is 3.02. The number of nitro benzene ring substituents is 1. The Bertz CT molecular complexity index is 513. The second-order valence-electron chi connectivity index (χ2n) is 5.51. The predicted octanol–water partition coefficient (Wildman–Crippen LogP) is 2.36. The minimum absolute atomic E-state index is 0.0232. The standard InChI is InChI=1S/C15H23N3O3/c1-3-4-12(17-9-7-16-8-10-17)14-13(18(20)21)6-5-11(2)15(14)19/h5-6,12,16,19H,3-4,7-10H2,1-2H3/t12-/m0/s1. The summed E-state index contributed by atoms with van der Waals surface area (Å²) in [5, 5.41) is 25.0. The molecule has 21 heavy (non-hydrogen) atoms. The number of nitrogens with zero attached hydrogens (tertiary/aromatic N) is 2. The van der Waals surface area contributed by atoms with Crippen molar-refractivity contribution in [2.24, 2.45) is 0 Å². The zero-order chi connectivity index (χ0) is 15.4. The summed E-state index contributed by atoms with van der Waals surface area (Å²) in [5.41, 5.74) is 1.19. The lowest BCUT2D eigenvalue weighted by Crippen LogP contribution is -2.45. The molecule has 1 aliphatic heterocycles. The third-order valence-corrected chi connectivity index (χ3v) is 4.08. The Morgan fingerprint density at radius 3 is 2.67 bits per heavy atom. The highest BCUT2D eigenvalue weighted by Gasteiger charge is 2.31. The predicted molar refractivity (Wildman–Crippen MR) is 81.6 cm³/mol. The van der Waals surface area contributed by atoms with Crippen molar-refractivity contribution >= 4 is 5.69 Å². The smallest absolute Gasteiger partial charge is 0.277 e. The van der Waals surface area contributed by atoms with Crippen LogP contribution >= 0.6 is 0 Å². The Balaban J connectivity index is 2.47. The van der Waals surface area contributed by atoms with Crippen molar-refractivity contribution in [3.63, 3.8) is 0 Å². The Morgan fingerprint density at radius 2 is 2.10 bits per heavy atom. The second-order valence-corrected chi connectivity index (χ2v) is 5.51. The van der Waals surface area contributed by atoms with E-state index in [0.717, 1.165) is 39.0 Å². The lowest BCUT2D eigenvalue weighted by Gasteiger charge is -2.35. The molecule has 0 radical (unpaired) electrons. The van der Waals surface area contributed by atoms with Crippen LogP contribution in [0.15, 0.2) is 12.1 Å². The quantitative estimate of drug-likeness (QED) is 0.643. The molecule has 2 rings (SSSR count). The molecular formula is C15H23N3O3. The van der Waals surface area contributed by atoms with Crippen LogP contribution in [0.4, 0.5) is 5.69 Å². The lowest BCUT2D eigenvalue weighted by molar-refractivity contribution is -0.386. The van der Waals surface area contributed by atoms with Crippen LogP contribution in [-0.2, 0) is 0 Å². The highest BCUT2D eigenvalue weighted by Crippen LogP contribution is 2.40. The van der Waals surface area contributed by atoms with Gasteiger partial charge in [-0.05, 0) is 25.0 Å². The van der Waals surface area contributed by atoms with Crippen LogP contribution in [0.3, 0.4) is 0 Å². The fourth-order valence-electron chi connectivity index (χ4n) is 2.97. The van der Waals surface area contributed by atoms with Gasteiger partial charge in [-0.25, -0.2) is 0 Å². The third kappa shape index (κ3) is 3.33. The Labute approximate surface area is 124 Å². The maximum atomic E-state index is 11.3. The summed E-state index contributed by atoms with van der Waals surface area (Å²) in [6.45, 7) is 7.28. The van der Waals surface area contributed by atoms with Gasteiger partial charge >= 0.3 is 0 Å². The first-order valence-electron chi connectivity index (χ1n) is 7.47. The number of phenolic OH excluding ortho intramolecular Hbond substituents is 1. The summed E-state index contributed by atoms with van der Waals surface area (Å²) >= 11 is 0. The van der Waals surface area contributed by atoms with Crippen molar-refractivity contribution < 1.29 is 10.0 Å². The molecule has 0 amide bonds. The molecule has 0 bridgehead atoms. The number of aryl methyl sites for hydroxylation is 1. The number of phenols is 1. The first-order chi connectivity index (χ1) is 10.1. The van der Waals surface area contributed by atoms with Gasteiger partial charge in [-0.1, -0.05) is 13.3 Å². The van der Waals surface area contributed by atoms with Crippen LogP contribution in [-0.4, -0.2) is 41.1 Å². The molecule has 1 atom stereocenters. The van der Waals surface area contributed by atoms with Crippen LogP contribution in [0.5, 0.6) is 5.75 Å². The lowest BCUT2D eigenvalue weighted by atomic mass is 9.95. The molecule has 0 aromatic heterocycles. The number of nitrogens with one attached hydrogen (secondary N) is 1. The van der Waals surface area contributed by atoms with Crippen molar-refractivity contribution in [1.82, 2.24) is 10.2 Å². The largest absolute Gasteiger partial charge is 0.507 e. The zero-order valence-electron chi connectivity index (χ0n) is 12.6. The van der Waals surface area contributed by atoms with Gasteiger partial charge in [0.05, 0.1) is 10.5 Å². The number of hydrogen-bond acceptors (Lipinski definition) is 5. The topological polar surface area (TPSA) is 78.6 Å². The number of piperazine rings is 1. The van der Waals surface area contributed by atoms with Crippen molar-refractivity contribution in [2.75, 3.05) is 26.2 Å². The van der Waals surface area contributed by atoms with Crippen LogP contribution in [0.25, 0.3) is 0 Å². The van der Waals surface area contributed by atoms with Crippen molar-refractivity contribution in [3.8, 4) is 5.75 Å². The fourth-order valence-corrected chi connectivity index (χ4v) is 2.97. The molecule has 0 spiro atoms. The molecule has 2 N–H and O–H groups in total. The van der Waals surface area contributed by atoms with Crippen molar-refractivity contribution in [2.45, 2.75) is 32.7 Å². The van der Waals surface area contributed by atoms with E-state index in [1.165, 1.54) is 6.07 Å². The Kier molecular flexibility index (Phi) is 5.14. The molecule has 1 aromatic carbocycles. The van der Waals surface area contributed by atoms with Crippen LogP contribution < -0.4 is 5.32 Å². The molecule has 1 saturated heterocycles.